The van der Waals surface area contributed by atoms with E-state index in [1.165, 1.54) is 23.1 Å². The number of nitrogens with one attached hydrogen (secondary N) is 1. The molecule has 0 saturated carbocycles. The molecular formula is C16H21FN2O4. The number of aliphatic carboxylic acids is 1. The van der Waals surface area contributed by atoms with E-state index in [9.17, 15) is 14.0 Å². The molecule has 1 aromatic carbocycles. The van der Waals surface area contributed by atoms with E-state index >= 15 is 0 Å². The fourth-order valence-electron chi connectivity index (χ4n) is 2.54. The van der Waals surface area contributed by atoms with Gasteiger partial charge in [-0.15, -0.1) is 0 Å². The summed E-state index contributed by atoms with van der Waals surface area (Å²) in [6, 6.07) is 5.79. The zero-order chi connectivity index (χ0) is 17.3. The molecule has 6 nitrogen and oxygen atoms in total. The van der Waals surface area contributed by atoms with Gasteiger partial charge in [-0.1, -0.05) is 6.07 Å². The minimum atomic E-state index is -0.988. The standard InChI is InChI=1S/C16H21FN2O4/c1-15(2,3)23-14(22)19-9-16(10-19,8-13(20)21)18-12-6-4-5-11(17)7-12/h4-7,18H,8-10H2,1-3H3,(H,20,21). The molecule has 1 heterocycles. The second-order valence-electron chi connectivity index (χ2n) is 6.82. The van der Waals surface area contributed by atoms with Gasteiger partial charge >= 0.3 is 12.1 Å². The Morgan fingerprint density at radius 3 is 2.57 bits per heavy atom. The average Bonchev–Trinajstić information content (AvgIpc) is 2.32. The predicted octanol–water partition coefficient (Wildman–Crippen LogP) is 2.70. The lowest BCUT2D eigenvalue weighted by Gasteiger charge is -2.50. The van der Waals surface area contributed by atoms with Crippen molar-refractivity contribution in [2.24, 2.45) is 0 Å². The third-order valence-electron chi connectivity index (χ3n) is 3.36. The number of ether oxygens (including phenoxy) is 1. The van der Waals surface area contributed by atoms with Gasteiger partial charge in [-0.2, -0.15) is 0 Å². The van der Waals surface area contributed by atoms with Crippen LogP contribution < -0.4 is 5.32 Å². The first-order valence-corrected chi connectivity index (χ1v) is 7.32. The number of likely N-dealkylation sites (tertiary alicyclic amines) is 1. The van der Waals surface area contributed by atoms with Gasteiger partial charge in [-0.05, 0) is 39.0 Å². The third kappa shape index (κ3) is 4.58. The number of carboxylic acid groups (broad SMARTS) is 1. The number of hydrogen-bond donors (Lipinski definition) is 2. The molecule has 2 rings (SSSR count). The topological polar surface area (TPSA) is 78.9 Å². The summed E-state index contributed by atoms with van der Waals surface area (Å²) >= 11 is 0. The lowest BCUT2D eigenvalue weighted by Crippen LogP contribution is -2.68. The van der Waals surface area contributed by atoms with Gasteiger partial charge in [0.15, 0.2) is 0 Å². The van der Waals surface area contributed by atoms with Gasteiger partial charge in [0.2, 0.25) is 0 Å². The van der Waals surface area contributed by atoms with E-state index in [1.807, 2.05) is 0 Å². The molecule has 7 heteroatoms. The lowest BCUT2D eigenvalue weighted by atomic mass is 9.86. The van der Waals surface area contributed by atoms with Crippen LogP contribution in [0.3, 0.4) is 0 Å². The zero-order valence-corrected chi connectivity index (χ0v) is 13.4. The van der Waals surface area contributed by atoms with Gasteiger partial charge in [0.25, 0.3) is 0 Å². The summed E-state index contributed by atoms with van der Waals surface area (Å²) in [5.41, 5.74) is -0.954. The number of rotatable bonds is 4. The molecule has 1 fully saturated rings. The van der Waals surface area contributed by atoms with Gasteiger partial charge in [0.05, 0.1) is 12.0 Å². The maximum atomic E-state index is 13.3. The number of carboxylic acids is 1. The molecule has 1 amide bonds. The number of amides is 1. The number of nitrogens with zero attached hydrogens (tertiary/aromatic N) is 1. The molecule has 0 bridgehead atoms. The predicted molar refractivity (Wildman–Crippen MR) is 82.8 cm³/mol. The van der Waals surface area contributed by atoms with Crippen LogP contribution in [0.4, 0.5) is 14.9 Å². The minimum Gasteiger partial charge on any atom is -0.481 e. The Morgan fingerprint density at radius 1 is 1.39 bits per heavy atom. The van der Waals surface area contributed by atoms with E-state index in [-0.39, 0.29) is 19.5 Å². The monoisotopic (exact) mass is 324 g/mol. The van der Waals surface area contributed by atoms with E-state index in [2.05, 4.69) is 5.32 Å². The summed E-state index contributed by atoms with van der Waals surface area (Å²) in [4.78, 5) is 24.5. The summed E-state index contributed by atoms with van der Waals surface area (Å²) in [5.74, 6) is -1.40. The third-order valence-corrected chi connectivity index (χ3v) is 3.36. The van der Waals surface area contributed by atoms with Gasteiger partial charge in [0, 0.05) is 18.8 Å². The Bertz CT molecular complexity index is 606. The first kappa shape index (κ1) is 17.1. The van der Waals surface area contributed by atoms with Gasteiger partial charge in [-0.3, -0.25) is 4.79 Å². The number of carbonyl (C=O) groups excluding carboxylic acids is 1. The van der Waals surface area contributed by atoms with Crippen molar-refractivity contribution in [2.75, 3.05) is 18.4 Å². The average molecular weight is 324 g/mol. The molecule has 126 valence electrons. The Balaban J connectivity index is 2.06. The normalized spacial score (nSPS) is 16.4. The molecule has 2 N–H and O–H groups in total. The van der Waals surface area contributed by atoms with Crippen molar-refractivity contribution >= 4 is 17.7 Å². The summed E-state index contributed by atoms with van der Waals surface area (Å²) in [6.07, 6.45) is -0.664. The van der Waals surface area contributed by atoms with Gasteiger partial charge in [-0.25, -0.2) is 9.18 Å². The van der Waals surface area contributed by atoms with Crippen LogP contribution >= 0.6 is 0 Å². The zero-order valence-electron chi connectivity index (χ0n) is 13.4. The summed E-state index contributed by atoms with van der Waals surface area (Å²) in [6.45, 7) is 5.66. The van der Waals surface area contributed by atoms with Crippen molar-refractivity contribution in [1.82, 2.24) is 4.90 Å². The molecule has 1 aromatic rings. The van der Waals surface area contributed by atoms with Gasteiger partial charge < -0.3 is 20.1 Å². The SMILES string of the molecule is CC(C)(C)OC(=O)N1CC(CC(=O)O)(Nc2cccc(F)c2)C1. The summed E-state index contributed by atoms with van der Waals surface area (Å²) in [5, 5.41) is 12.2. The fraction of sp³-hybridized carbons (Fsp3) is 0.500. The number of carbonyl (C=O) groups is 2. The van der Waals surface area contributed by atoms with Crippen molar-refractivity contribution in [3.63, 3.8) is 0 Å². The van der Waals surface area contributed by atoms with Crippen molar-refractivity contribution in [1.29, 1.82) is 0 Å². The Kier molecular flexibility index (Phi) is 4.49. The fourth-order valence-corrected chi connectivity index (χ4v) is 2.54. The number of anilines is 1. The maximum Gasteiger partial charge on any atom is 0.410 e. The molecule has 1 aliphatic heterocycles. The quantitative estimate of drug-likeness (QED) is 0.890. The van der Waals surface area contributed by atoms with Crippen LogP contribution in [0.1, 0.15) is 27.2 Å². The van der Waals surface area contributed by atoms with Crippen molar-refractivity contribution in [2.45, 2.75) is 38.3 Å². The molecule has 0 unspecified atom stereocenters. The van der Waals surface area contributed by atoms with Crippen LogP contribution in [0.2, 0.25) is 0 Å². The molecular weight excluding hydrogens is 303 g/mol. The van der Waals surface area contributed by atoms with E-state index in [0.29, 0.717) is 5.69 Å². The van der Waals surface area contributed by atoms with E-state index in [4.69, 9.17) is 9.84 Å². The largest absolute Gasteiger partial charge is 0.481 e. The second-order valence-corrected chi connectivity index (χ2v) is 6.82. The molecule has 0 spiro atoms. The first-order valence-electron chi connectivity index (χ1n) is 7.32. The van der Waals surface area contributed by atoms with Crippen LogP contribution in [0.5, 0.6) is 0 Å². The molecule has 0 radical (unpaired) electrons. The van der Waals surface area contributed by atoms with Crippen LogP contribution in [0.25, 0.3) is 0 Å². The van der Waals surface area contributed by atoms with Crippen LogP contribution in [-0.4, -0.2) is 46.3 Å². The van der Waals surface area contributed by atoms with E-state index in [1.54, 1.807) is 26.8 Å². The highest BCUT2D eigenvalue weighted by Crippen LogP contribution is 2.31. The number of hydrogen-bond acceptors (Lipinski definition) is 4. The molecule has 0 atom stereocenters. The Morgan fingerprint density at radius 2 is 2.04 bits per heavy atom. The van der Waals surface area contributed by atoms with Crippen LogP contribution in [-0.2, 0) is 9.53 Å². The highest BCUT2D eigenvalue weighted by molar-refractivity contribution is 5.74. The maximum absolute atomic E-state index is 13.3. The van der Waals surface area contributed by atoms with Gasteiger partial charge in [0.1, 0.15) is 11.4 Å². The Hall–Kier alpha value is -2.31. The van der Waals surface area contributed by atoms with Crippen molar-refractivity contribution in [3.8, 4) is 0 Å². The molecule has 23 heavy (non-hydrogen) atoms. The second kappa shape index (κ2) is 6.06. The smallest absolute Gasteiger partial charge is 0.410 e. The summed E-state index contributed by atoms with van der Waals surface area (Å²) < 4.78 is 18.5. The molecule has 1 saturated heterocycles. The van der Waals surface area contributed by atoms with Crippen molar-refractivity contribution < 1.29 is 23.8 Å². The first-order chi connectivity index (χ1) is 10.6. The Labute approximate surface area is 134 Å². The molecule has 1 aliphatic rings. The lowest BCUT2D eigenvalue weighted by molar-refractivity contribution is -0.139. The minimum absolute atomic E-state index is 0.178. The molecule has 0 aliphatic carbocycles. The summed E-state index contributed by atoms with van der Waals surface area (Å²) in [7, 11) is 0. The molecule has 0 aromatic heterocycles. The highest BCUT2D eigenvalue weighted by atomic mass is 19.1. The van der Waals surface area contributed by atoms with Crippen LogP contribution in [0, 0.1) is 5.82 Å². The van der Waals surface area contributed by atoms with E-state index in [0.717, 1.165) is 0 Å². The highest BCUT2D eigenvalue weighted by Gasteiger charge is 2.48. The number of halogens is 1. The van der Waals surface area contributed by atoms with Crippen molar-refractivity contribution in [3.05, 3.63) is 30.1 Å². The number of benzene rings is 1. The van der Waals surface area contributed by atoms with E-state index < -0.39 is 29.0 Å². The van der Waals surface area contributed by atoms with Crippen LogP contribution in [0.15, 0.2) is 24.3 Å².